The molecule has 31 heavy (non-hydrogen) atoms. The number of ether oxygens (including phenoxy) is 1. The number of sulfonamides is 1. The Morgan fingerprint density at radius 1 is 1.00 bits per heavy atom. The Morgan fingerprint density at radius 3 is 2.35 bits per heavy atom. The maximum atomic E-state index is 13.4. The third kappa shape index (κ3) is 5.21. The summed E-state index contributed by atoms with van der Waals surface area (Å²) in [6.07, 6.45) is 0. The minimum atomic E-state index is -3.88. The number of halogens is 2. The molecule has 0 spiro atoms. The number of benzene rings is 3. The first-order valence-corrected chi connectivity index (χ1v) is 11.7. The molecule has 0 aliphatic carbocycles. The number of para-hydroxylation sites is 1. The van der Waals surface area contributed by atoms with E-state index in [-0.39, 0.29) is 23.6 Å². The van der Waals surface area contributed by atoms with E-state index in [9.17, 15) is 13.2 Å². The molecule has 0 radical (unpaired) electrons. The number of nitrogens with zero attached hydrogens (tertiary/aromatic N) is 1. The number of esters is 1. The van der Waals surface area contributed by atoms with Crippen LogP contribution in [0.5, 0.6) is 0 Å². The third-order valence-corrected chi connectivity index (χ3v) is 7.33. The molecule has 0 aliphatic rings. The molecule has 0 fully saturated rings. The number of hydrogen-bond donors (Lipinski definition) is 0. The number of rotatable bonds is 7. The Kier molecular flexibility index (Phi) is 7.26. The van der Waals surface area contributed by atoms with Gasteiger partial charge in [-0.2, -0.15) is 0 Å². The van der Waals surface area contributed by atoms with Gasteiger partial charge in [-0.15, -0.1) is 0 Å². The molecule has 0 amide bonds. The van der Waals surface area contributed by atoms with Crippen LogP contribution in [0, 0.1) is 6.92 Å². The molecule has 162 valence electrons. The van der Waals surface area contributed by atoms with E-state index in [2.05, 4.69) is 0 Å². The highest BCUT2D eigenvalue weighted by Crippen LogP contribution is 2.27. The second-order valence-electron chi connectivity index (χ2n) is 6.80. The summed E-state index contributed by atoms with van der Waals surface area (Å²) < 4.78 is 33.4. The number of hydrogen-bond acceptors (Lipinski definition) is 4. The summed E-state index contributed by atoms with van der Waals surface area (Å²) in [4.78, 5) is 12.6. The van der Waals surface area contributed by atoms with E-state index in [0.29, 0.717) is 26.9 Å². The molecule has 0 heterocycles. The van der Waals surface area contributed by atoms with Gasteiger partial charge in [0.2, 0.25) is 0 Å². The molecule has 8 heteroatoms. The Bertz CT molecular complexity index is 1200. The van der Waals surface area contributed by atoms with Gasteiger partial charge in [0.25, 0.3) is 10.0 Å². The third-order valence-electron chi connectivity index (χ3n) is 4.70. The standard InChI is InChI=1S/C23H21Cl2NO4S/c1-3-26(20-7-5-4-6-8-20)31(28,29)22-13-17(10-9-16(22)2)23(27)30-15-18-11-12-19(24)14-21(18)25/h4-14H,3,15H2,1-2H3. The van der Waals surface area contributed by atoms with Gasteiger partial charge in [0, 0.05) is 22.2 Å². The summed E-state index contributed by atoms with van der Waals surface area (Å²) in [5.74, 6) is -0.648. The summed E-state index contributed by atoms with van der Waals surface area (Å²) in [7, 11) is -3.88. The molecule has 3 aromatic rings. The van der Waals surface area contributed by atoms with E-state index < -0.39 is 16.0 Å². The van der Waals surface area contributed by atoms with Gasteiger partial charge in [0.1, 0.15) is 6.61 Å². The fraction of sp³-hybridized carbons (Fsp3) is 0.174. The number of carbonyl (C=O) groups is 1. The van der Waals surface area contributed by atoms with Crippen LogP contribution < -0.4 is 4.31 Å². The van der Waals surface area contributed by atoms with Crippen molar-refractivity contribution in [1.29, 1.82) is 0 Å². The zero-order valence-corrected chi connectivity index (χ0v) is 19.3. The topological polar surface area (TPSA) is 63.7 Å². The Morgan fingerprint density at radius 2 is 1.71 bits per heavy atom. The monoisotopic (exact) mass is 477 g/mol. The average Bonchev–Trinajstić information content (AvgIpc) is 2.74. The second kappa shape index (κ2) is 9.73. The lowest BCUT2D eigenvalue weighted by atomic mass is 10.1. The molecule has 0 aliphatic heterocycles. The van der Waals surface area contributed by atoms with E-state index in [0.717, 1.165) is 0 Å². The van der Waals surface area contributed by atoms with Gasteiger partial charge in [0.05, 0.1) is 16.1 Å². The van der Waals surface area contributed by atoms with Gasteiger partial charge in [-0.3, -0.25) is 4.31 Å². The van der Waals surface area contributed by atoms with Crippen LogP contribution in [0.4, 0.5) is 5.69 Å². The van der Waals surface area contributed by atoms with E-state index >= 15 is 0 Å². The predicted octanol–water partition coefficient (Wildman–Crippen LogP) is 5.87. The molecule has 5 nitrogen and oxygen atoms in total. The molecule has 0 saturated heterocycles. The molecule has 3 rings (SSSR count). The number of carbonyl (C=O) groups excluding carboxylic acids is 1. The smallest absolute Gasteiger partial charge is 0.338 e. The highest BCUT2D eigenvalue weighted by Gasteiger charge is 2.26. The molecular formula is C23H21Cl2NO4S. The molecule has 3 aromatic carbocycles. The van der Waals surface area contributed by atoms with Crippen LogP contribution >= 0.6 is 23.2 Å². The second-order valence-corrected chi connectivity index (χ2v) is 9.47. The van der Waals surface area contributed by atoms with Gasteiger partial charge in [-0.05, 0) is 55.8 Å². The molecule has 0 N–H and O–H groups in total. The zero-order valence-electron chi connectivity index (χ0n) is 17.0. The fourth-order valence-corrected chi connectivity index (χ4v) is 5.27. The molecule has 0 aromatic heterocycles. The largest absolute Gasteiger partial charge is 0.457 e. The van der Waals surface area contributed by atoms with Crippen LogP contribution in [0.2, 0.25) is 10.0 Å². The molecule has 0 atom stereocenters. The van der Waals surface area contributed by atoms with E-state index in [1.807, 2.05) is 6.07 Å². The van der Waals surface area contributed by atoms with Crippen molar-refractivity contribution in [3.05, 3.63) is 93.5 Å². The summed E-state index contributed by atoms with van der Waals surface area (Å²) in [5, 5.41) is 0.862. The van der Waals surface area contributed by atoms with Crippen molar-refractivity contribution < 1.29 is 17.9 Å². The minimum Gasteiger partial charge on any atom is -0.457 e. The van der Waals surface area contributed by atoms with Gasteiger partial charge in [-0.1, -0.05) is 53.5 Å². The van der Waals surface area contributed by atoms with Crippen LogP contribution in [-0.4, -0.2) is 20.9 Å². The first-order valence-electron chi connectivity index (χ1n) is 9.53. The summed E-state index contributed by atoms with van der Waals surface area (Å²) in [5.41, 5.74) is 1.82. The van der Waals surface area contributed by atoms with Crippen LogP contribution in [0.15, 0.2) is 71.6 Å². The van der Waals surface area contributed by atoms with Crippen molar-refractivity contribution in [1.82, 2.24) is 0 Å². The molecule has 0 bridgehead atoms. The number of anilines is 1. The first-order chi connectivity index (χ1) is 14.7. The van der Waals surface area contributed by atoms with Crippen molar-refractivity contribution in [2.45, 2.75) is 25.3 Å². The van der Waals surface area contributed by atoms with Crippen LogP contribution in [0.3, 0.4) is 0 Å². The van der Waals surface area contributed by atoms with Gasteiger partial charge in [-0.25, -0.2) is 13.2 Å². The van der Waals surface area contributed by atoms with Crippen LogP contribution in [0.1, 0.15) is 28.4 Å². The summed E-state index contributed by atoms with van der Waals surface area (Å²) >= 11 is 12.0. The van der Waals surface area contributed by atoms with Crippen LogP contribution in [-0.2, 0) is 21.4 Å². The van der Waals surface area contributed by atoms with Crippen molar-refractivity contribution >= 4 is 44.9 Å². The summed E-state index contributed by atoms with van der Waals surface area (Å²) in [6.45, 7) is 3.63. The van der Waals surface area contributed by atoms with Crippen molar-refractivity contribution in [3.8, 4) is 0 Å². The first kappa shape index (κ1) is 23.1. The zero-order chi connectivity index (χ0) is 22.6. The lowest BCUT2D eigenvalue weighted by molar-refractivity contribution is 0.0472. The fourth-order valence-electron chi connectivity index (χ4n) is 3.07. The average molecular weight is 478 g/mol. The highest BCUT2D eigenvalue weighted by molar-refractivity contribution is 7.92. The van der Waals surface area contributed by atoms with Gasteiger partial charge in [0.15, 0.2) is 0 Å². The maximum Gasteiger partial charge on any atom is 0.338 e. The molecular weight excluding hydrogens is 457 g/mol. The SMILES string of the molecule is CCN(c1ccccc1)S(=O)(=O)c1cc(C(=O)OCc2ccc(Cl)cc2Cl)ccc1C. The van der Waals surface area contributed by atoms with E-state index in [1.54, 1.807) is 68.4 Å². The van der Waals surface area contributed by atoms with E-state index in [1.165, 1.54) is 10.4 Å². The lowest BCUT2D eigenvalue weighted by Crippen LogP contribution is -2.31. The quantitative estimate of drug-likeness (QED) is 0.398. The molecule has 0 unspecified atom stereocenters. The Balaban J connectivity index is 1.87. The van der Waals surface area contributed by atoms with Crippen molar-refractivity contribution in [3.63, 3.8) is 0 Å². The van der Waals surface area contributed by atoms with Gasteiger partial charge < -0.3 is 4.74 Å². The van der Waals surface area contributed by atoms with E-state index in [4.69, 9.17) is 27.9 Å². The summed E-state index contributed by atoms with van der Waals surface area (Å²) in [6, 6.07) is 18.2. The molecule has 0 saturated carbocycles. The Labute approximate surface area is 192 Å². The minimum absolute atomic E-state index is 0.0529. The van der Waals surface area contributed by atoms with Crippen LogP contribution in [0.25, 0.3) is 0 Å². The lowest BCUT2D eigenvalue weighted by Gasteiger charge is -2.24. The maximum absolute atomic E-state index is 13.4. The van der Waals surface area contributed by atoms with Crippen molar-refractivity contribution in [2.24, 2.45) is 0 Å². The normalized spacial score (nSPS) is 11.2. The predicted molar refractivity (Wildman–Crippen MR) is 123 cm³/mol. The Hall–Kier alpha value is -2.54. The van der Waals surface area contributed by atoms with Crippen molar-refractivity contribution in [2.75, 3.05) is 10.8 Å². The number of aryl methyl sites for hydroxylation is 1. The van der Waals surface area contributed by atoms with Gasteiger partial charge >= 0.3 is 5.97 Å². The highest BCUT2D eigenvalue weighted by atomic mass is 35.5.